The van der Waals surface area contributed by atoms with E-state index in [9.17, 15) is 0 Å². The van der Waals surface area contributed by atoms with Gasteiger partial charge in [0, 0.05) is 24.3 Å². The molecular weight excluding hydrogens is 422 g/mol. The summed E-state index contributed by atoms with van der Waals surface area (Å²) in [6, 6.07) is 24.8. The van der Waals surface area contributed by atoms with Crippen LogP contribution in [0.5, 0.6) is 0 Å². The molecule has 0 radical (unpaired) electrons. The smallest absolute Gasteiger partial charge is 0.238 e. The molecule has 0 saturated carbocycles. The summed E-state index contributed by atoms with van der Waals surface area (Å²) in [6.07, 6.45) is 3.28. The zero-order chi connectivity index (χ0) is 23.6. The summed E-state index contributed by atoms with van der Waals surface area (Å²) < 4.78 is 11.3. The number of pyridine rings is 1. The van der Waals surface area contributed by atoms with Crippen LogP contribution in [0.4, 0.5) is 0 Å². The summed E-state index contributed by atoms with van der Waals surface area (Å²) in [5, 5.41) is 4.29. The van der Waals surface area contributed by atoms with E-state index in [1.165, 1.54) is 5.56 Å². The molecule has 0 unspecified atom stereocenters. The van der Waals surface area contributed by atoms with Crippen LogP contribution in [0.3, 0.4) is 0 Å². The molecule has 0 aliphatic carbocycles. The normalized spacial score (nSPS) is 15.9. The van der Waals surface area contributed by atoms with E-state index in [1.54, 1.807) is 0 Å². The number of nitrogens with zero attached hydrogens (tertiary/aromatic N) is 3. The number of hydrogen-bond donors (Lipinski definition) is 0. The maximum atomic E-state index is 5.74. The lowest BCUT2D eigenvalue weighted by Crippen LogP contribution is -2.28. The first kappa shape index (κ1) is 22.5. The fourth-order valence-electron chi connectivity index (χ4n) is 4.56. The SMILES string of the molecule is CC1(Cc2ccc(-c3noc(C(C)(C)c4cccc(-c5ccccc5)n4)n3)cc2)CCOCC1. The predicted molar refractivity (Wildman–Crippen MR) is 133 cm³/mol. The van der Waals surface area contributed by atoms with Crippen molar-refractivity contribution in [1.82, 2.24) is 15.1 Å². The van der Waals surface area contributed by atoms with Crippen molar-refractivity contribution in [1.29, 1.82) is 0 Å². The van der Waals surface area contributed by atoms with Gasteiger partial charge in [0.1, 0.15) is 0 Å². The van der Waals surface area contributed by atoms with Crippen LogP contribution in [-0.2, 0) is 16.6 Å². The first-order valence-corrected chi connectivity index (χ1v) is 12.0. The predicted octanol–water partition coefficient (Wildman–Crippen LogP) is 6.48. The highest BCUT2D eigenvalue weighted by Gasteiger charge is 2.32. The van der Waals surface area contributed by atoms with Crippen LogP contribution >= 0.6 is 0 Å². The Morgan fingerprint density at radius 3 is 2.29 bits per heavy atom. The molecule has 4 aromatic rings. The summed E-state index contributed by atoms with van der Waals surface area (Å²) in [4.78, 5) is 9.67. The minimum atomic E-state index is -0.520. The highest BCUT2D eigenvalue weighted by molar-refractivity contribution is 5.59. The van der Waals surface area contributed by atoms with Crippen molar-refractivity contribution < 1.29 is 9.26 Å². The van der Waals surface area contributed by atoms with Crippen molar-refractivity contribution in [3.8, 4) is 22.6 Å². The first-order chi connectivity index (χ1) is 16.4. The Labute approximate surface area is 201 Å². The molecule has 2 aromatic heterocycles. The lowest BCUT2D eigenvalue weighted by molar-refractivity contribution is 0.0241. The molecule has 174 valence electrons. The lowest BCUT2D eigenvalue weighted by atomic mass is 9.77. The molecule has 5 heteroatoms. The Hall–Kier alpha value is -3.31. The number of aromatic nitrogens is 3. The molecule has 0 spiro atoms. The van der Waals surface area contributed by atoms with Crippen LogP contribution in [0.15, 0.2) is 77.3 Å². The minimum Gasteiger partial charge on any atom is -0.381 e. The van der Waals surface area contributed by atoms with E-state index in [4.69, 9.17) is 19.2 Å². The molecular formula is C29H31N3O2. The second-order valence-corrected chi connectivity index (χ2v) is 10.1. The molecule has 0 bridgehead atoms. The van der Waals surface area contributed by atoms with E-state index in [1.807, 2.05) is 36.4 Å². The Kier molecular flexibility index (Phi) is 6.05. The Morgan fingerprint density at radius 2 is 1.56 bits per heavy atom. The van der Waals surface area contributed by atoms with E-state index >= 15 is 0 Å². The van der Waals surface area contributed by atoms with Crippen molar-refractivity contribution >= 4 is 0 Å². The molecule has 0 atom stereocenters. The van der Waals surface area contributed by atoms with Crippen molar-refractivity contribution in [3.63, 3.8) is 0 Å². The van der Waals surface area contributed by atoms with E-state index in [0.29, 0.717) is 17.1 Å². The molecule has 1 fully saturated rings. The molecule has 5 nitrogen and oxygen atoms in total. The van der Waals surface area contributed by atoms with Crippen molar-refractivity contribution in [2.45, 2.75) is 45.4 Å². The second-order valence-electron chi connectivity index (χ2n) is 10.1. The van der Waals surface area contributed by atoms with E-state index in [-0.39, 0.29) is 0 Å². The van der Waals surface area contributed by atoms with Gasteiger partial charge in [-0.05, 0) is 56.2 Å². The van der Waals surface area contributed by atoms with Gasteiger partial charge in [-0.15, -0.1) is 0 Å². The van der Waals surface area contributed by atoms with E-state index < -0.39 is 5.41 Å². The molecule has 0 N–H and O–H groups in total. The molecule has 1 saturated heterocycles. The number of rotatable bonds is 6. The molecule has 34 heavy (non-hydrogen) atoms. The lowest BCUT2D eigenvalue weighted by Gasteiger charge is -2.33. The average Bonchev–Trinajstić information content (AvgIpc) is 3.37. The summed E-state index contributed by atoms with van der Waals surface area (Å²) >= 11 is 0. The summed E-state index contributed by atoms with van der Waals surface area (Å²) in [6.45, 7) is 8.22. The fourth-order valence-corrected chi connectivity index (χ4v) is 4.56. The van der Waals surface area contributed by atoms with Crippen LogP contribution in [0.25, 0.3) is 22.6 Å². The molecule has 0 amide bonds. The van der Waals surface area contributed by atoms with Crippen LogP contribution in [0.1, 0.15) is 50.8 Å². The quantitative estimate of drug-likeness (QED) is 0.334. The van der Waals surface area contributed by atoms with Crippen molar-refractivity contribution in [2.75, 3.05) is 13.2 Å². The second kappa shape index (κ2) is 9.15. The van der Waals surface area contributed by atoms with Crippen LogP contribution < -0.4 is 0 Å². The molecule has 2 aromatic carbocycles. The number of ether oxygens (including phenoxy) is 1. The van der Waals surface area contributed by atoms with Crippen LogP contribution in [-0.4, -0.2) is 28.3 Å². The zero-order valence-electron chi connectivity index (χ0n) is 20.1. The molecule has 1 aliphatic heterocycles. The average molecular weight is 454 g/mol. The van der Waals surface area contributed by atoms with Gasteiger partial charge in [-0.1, -0.05) is 72.7 Å². The van der Waals surface area contributed by atoms with Gasteiger partial charge in [-0.3, -0.25) is 4.98 Å². The molecule has 3 heterocycles. The van der Waals surface area contributed by atoms with Crippen LogP contribution in [0, 0.1) is 5.41 Å². The molecule has 1 aliphatic rings. The third-order valence-electron chi connectivity index (χ3n) is 6.96. The largest absolute Gasteiger partial charge is 0.381 e. The van der Waals surface area contributed by atoms with Gasteiger partial charge in [-0.2, -0.15) is 4.98 Å². The number of hydrogen-bond acceptors (Lipinski definition) is 5. The fraction of sp³-hybridized carbons (Fsp3) is 0.345. The standard InChI is InChI=1S/C29H31N3O2/c1-28(2,25-11-7-10-24(30-25)22-8-5-4-6-9-22)27-31-26(32-34-27)23-14-12-21(13-15-23)20-29(3)16-18-33-19-17-29/h4-15H,16-20H2,1-3H3. The van der Waals surface area contributed by atoms with Gasteiger partial charge in [0.15, 0.2) is 0 Å². The Balaban J connectivity index is 1.35. The third kappa shape index (κ3) is 4.66. The van der Waals surface area contributed by atoms with E-state index in [0.717, 1.165) is 55.0 Å². The zero-order valence-corrected chi connectivity index (χ0v) is 20.1. The third-order valence-corrected chi connectivity index (χ3v) is 6.96. The van der Waals surface area contributed by atoms with Gasteiger partial charge in [0.25, 0.3) is 0 Å². The Morgan fingerprint density at radius 1 is 0.824 bits per heavy atom. The topological polar surface area (TPSA) is 61.0 Å². The molecule has 5 rings (SSSR count). The summed E-state index contributed by atoms with van der Waals surface area (Å²) in [7, 11) is 0. The van der Waals surface area contributed by atoms with Crippen molar-refractivity contribution in [3.05, 3.63) is 89.9 Å². The summed E-state index contributed by atoms with van der Waals surface area (Å²) in [5.74, 6) is 1.16. The monoisotopic (exact) mass is 453 g/mol. The first-order valence-electron chi connectivity index (χ1n) is 12.0. The summed E-state index contributed by atoms with van der Waals surface area (Å²) in [5.41, 5.74) is 4.99. The van der Waals surface area contributed by atoms with Crippen LogP contribution in [0.2, 0.25) is 0 Å². The van der Waals surface area contributed by atoms with Gasteiger partial charge in [0.05, 0.1) is 16.8 Å². The highest BCUT2D eigenvalue weighted by atomic mass is 16.5. The Bertz CT molecular complexity index is 1240. The van der Waals surface area contributed by atoms with Gasteiger partial charge in [-0.25, -0.2) is 0 Å². The minimum absolute atomic E-state index is 0.310. The van der Waals surface area contributed by atoms with Gasteiger partial charge in [0.2, 0.25) is 11.7 Å². The van der Waals surface area contributed by atoms with Crippen molar-refractivity contribution in [2.24, 2.45) is 5.41 Å². The number of benzene rings is 2. The maximum Gasteiger partial charge on any atom is 0.238 e. The highest BCUT2D eigenvalue weighted by Crippen LogP contribution is 2.35. The van der Waals surface area contributed by atoms with E-state index in [2.05, 4.69) is 62.3 Å². The van der Waals surface area contributed by atoms with Gasteiger partial charge < -0.3 is 9.26 Å². The maximum absolute atomic E-state index is 5.74. The van der Waals surface area contributed by atoms with Gasteiger partial charge >= 0.3 is 0 Å².